The van der Waals surface area contributed by atoms with Crippen molar-refractivity contribution in [3.8, 4) is 11.5 Å². The van der Waals surface area contributed by atoms with Gasteiger partial charge in [-0.15, -0.1) is 5.54 Å². The number of hydrogen-bond donors (Lipinski definition) is 0. The van der Waals surface area contributed by atoms with Gasteiger partial charge in [-0.1, -0.05) is 95.6 Å². The Morgan fingerprint density at radius 1 is 0.974 bits per heavy atom. The number of nitrogens with zero attached hydrogens (tertiary/aromatic N) is 1. The first-order valence-corrected chi connectivity index (χ1v) is 17.6. The van der Waals surface area contributed by atoms with Crippen molar-refractivity contribution in [1.82, 2.24) is 4.57 Å². The minimum Gasteiger partial charge on any atom is -0.461 e. The first-order chi connectivity index (χ1) is 18.5. The molecule has 7 heteroatoms. The molecule has 1 heterocycles. The Balaban J connectivity index is 1.43. The standard InChI is InChI=1S/C32H31BrClNO3Si/c1-22-29(28-7-5-6-8-30(28)35(22)32(37)25-13-15-27(34)16-14-25)20-31(36)38-21-24-11-9-23(10-12-24)19-26(33)17-18-39(2,3)4/h5-16,26H,19-21H2,1-4H3. The highest BCUT2D eigenvalue weighted by Crippen LogP contribution is 2.28. The fraction of sp³-hybridized carbons (Fsp3) is 0.250. The second-order valence-electron chi connectivity index (χ2n) is 10.6. The van der Waals surface area contributed by atoms with Gasteiger partial charge in [0.25, 0.3) is 5.91 Å². The summed E-state index contributed by atoms with van der Waals surface area (Å²) in [5.41, 5.74) is 8.28. The lowest BCUT2D eigenvalue weighted by Gasteiger charge is -2.09. The van der Waals surface area contributed by atoms with Crippen LogP contribution in [0.15, 0.2) is 72.8 Å². The van der Waals surface area contributed by atoms with Crippen molar-refractivity contribution in [3.05, 3.63) is 106 Å². The van der Waals surface area contributed by atoms with E-state index in [-0.39, 0.29) is 29.7 Å². The number of para-hydroxylation sites is 1. The molecule has 0 saturated carbocycles. The highest BCUT2D eigenvalue weighted by molar-refractivity contribution is 9.09. The summed E-state index contributed by atoms with van der Waals surface area (Å²) < 4.78 is 7.28. The summed E-state index contributed by atoms with van der Waals surface area (Å²) in [5.74, 6) is 2.81. The number of rotatable bonds is 7. The Bertz CT molecular complexity index is 1560. The van der Waals surface area contributed by atoms with Crippen molar-refractivity contribution >= 4 is 58.4 Å². The first-order valence-electron chi connectivity index (χ1n) is 12.8. The van der Waals surface area contributed by atoms with E-state index in [1.807, 2.05) is 55.5 Å². The van der Waals surface area contributed by atoms with Gasteiger partial charge >= 0.3 is 5.97 Å². The zero-order chi connectivity index (χ0) is 28.2. The molecule has 1 unspecified atom stereocenters. The van der Waals surface area contributed by atoms with Gasteiger partial charge in [-0.25, -0.2) is 0 Å². The van der Waals surface area contributed by atoms with Crippen LogP contribution in [0.2, 0.25) is 24.7 Å². The fourth-order valence-corrected chi connectivity index (χ4v) is 5.76. The van der Waals surface area contributed by atoms with E-state index in [0.717, 1.165) is 34.1 Å². The van der Waals surface area contributed by atoms with Gasteiger partial charge in [0.05, 0.1) is 16.8 Å². The van der Waals surface area contributed by atoms with Crippen molar-refractivity contribution in [3.63, 3.8) is 0 Å². The molecule has 0 N–H and O–H groups in total. The SMILES string of the molecule is Cc1c(CC(=O)OCc2ccc(CC(Br)C#C[Si](C)(C)C)cc2)c2ccccc2n1C(=O)c1ccc(Cl)cc1. The molecule has 0 aliphatic heterocycles. The molecule has 1 aromatic heterocycles. The number of carbonyl (C=O) groups is 2. The van der Waals surface area contributed by atoms with E-state index in [1.54, 1.807) is 28.8 Å². The van der Waals surface area contributed by atoms with E-state index in [2.05, 4.69) is 47.0 Å². The number of hydrogen-bond acceptors (Lipinski definition) is 3. The largest absolute Gasteiger partial charge is 0.461 e. The molecular weight excluding hydrogens is 590 g/mol. The molecule has 0 fully saturated rings. The second-order valence-corrected chi connectivity index (χ2v) is 16.9. The van der Waals surface area contributed by atoms with Gasteiger partial charge < -0.3 is 4.74 Å². The van der Waals surface area contributed by atoms with Crippen LogP contribution in [0.25, 0.3) is 10.9 Å². The van der Waals surface area contributed by atoms with Gasteiger partial charge in [-0.05, 0) is 60.4 Å². The van der Waals surface area contributed by atoms with Crippen LogP contribution < -0.4 is 0 Å². The second kappa shape index (κ2) is 12.4. The quantitative estimate of drug-likeness (QED) is 0.0918. The predicted octanol–water partition coefficient (Wildman–Crippen LogP) is 7.76. The van der Waals surface area contributed by atoms with Gasteiger partial charge in [0, 0.05) is 21.7 Å². The Kier molecular flexibility index (Phi) is 9.17. The zero-order valence-electron chi connectivity index (χ0n) is 22.6. The molecule has 0 radical (unpaired) electrons. The number of fused-ring (bicyclic) bond motifs is 1. The minimum atomic E-state index is -1.40. The molecular formula is C32H31BrClNO3Si. The monoisotopic (exact) mass is 619 g/mol. The van der Waals surface area contributed by atoms with E-state index in [0.29, 0.717) is 10.6 Å². The molecule has 0 aliphatic rings. The molecule has 0 aliphatic carbocycles. The maximum atomic E-state index is 13.4. The van der Waals surface area contributed by atoms with Crippen molar-refractivity contribution in [2.24, 2.45) is 0 Å². The van der Waals surface area contributed by atoms with E-state index in [9.17, 15) is 9.59 Å². The average Bonchev–Trinajstić information content (AvgIpc) is 3.17. The molecule has 39 heavy (non-hydrogen) atoms. The predicted molar refractivity (Wildman–Crippen MR) is 165 cm³/mol. The van der Waals surface area contributed by atoms with Crippen LogP contribution in [0, 0.1) is 18.4 Å². The van der Waals surface area contributed by atoms with Crippen LogP contribution in [0.4, 0.5) is 0 Å². The third kappa shape index (κ3) is 7.51. The molecule has 4 aromatic rings. The van der Waals surface area contributed by atoms with Crippen LogP contribution in [0.1, 0.15) is 32.7 Å². The fourth-order valence-electron chi connectivity index (χ4n) is 4.32. The summed E-state index contributed by atoms with van der Waals surface area (Å²) in [6.45, 7) is 8.75. The van der Waals surface area contributed by atoms with Crippen LogP contribution in [-0.4, -0.2) is 29.3 Å². The van der Waals surface area contributed by atoms with E-state index < -0.39 is 8.07 Å². The highest BCUT2D eigenvalue weighted by Gasteiger charge is 2.21. The Hall–Kier alpha value is -3.11. The highest BCUT2D eigenvalue weighted by atomic mass is 79.9. The molecule has 3 aromatic carbocycles. The number of alkyl halides is 1. The summed E-state index contributed by atoms with van der Waals surface area (Å²) in [6.07, 6.45) is 0.891. The number of benzene rings is 3. The topological polar surface area (TPSA) is 48.3 Å². The summed E-state index contributed by atoms with van der Waals surface area (Å²) in [4.78, 5) is 26.4. The first kappa shape index (κ1) is 28.9. The molecule has 0 saturated heterocycles. The Labute approximate surface area is 244 Å². The molecule has 1 atom stereocenters. The molecule has 0 amide bonds. The summed E-state index contributed by atoms with van der Waals surface area (Å²) in [7, 11) is -1.40. The van der Waals surface area contributed by atoms with Crippen molar-refractivity contribution < 1.29 is 14.3 Å². The Morgan fingerprint density at radius 3 is 2.28 bits per heavy atom. The van der Waals surface area contributed by atoms with Gasteiger partial charge in [0.15, 0.2) is 0 Å². The minimum absolute atomic E-state index is 0.0757. The number of ether oxygens (including phenoxy) is 1. The van der Waals surface area contributed by atoms with Crippen LogP contribution in [-0.2, 0) is 29.0 Å². The van der Waals surface area contributed by atoms with Crippen molar-refractivity contribution in [2.45, 2.75) is 50.8 Å². The van der Waals surface area contributed by atoms with Crippen LogP contribution >= 0.6 is 27.5 Å². The lowest BCUT2D eigenvalue weighted by Crippen LogP contribution is -2.17. The smallest absolute Gasteiger partial charge is 0.310 e. The van der Waals surface area contributed by atoms with Crippen LogP contribution in [0.5, 0.6) is 0 Å². The average molecular weight is 621 g/mol. The van der Waals surface area contributed by atoms with Crippen molar-refractivity contribution in [1.29, 1.82) is 0 Å². The number of esters is 1. The third-order valence-corrected chi connectivity index (χ3v) is 8.00. The third-order valence-electron chi connectivity index (χ3n) is 6.30. The number of carbonyl (C=O) groups excluding carboxylic acids is 2. The summed E-state index contributed by atoms with van der Waals surface area (Å²) >= 11 is 9.67. The van der Waals surface area contributed by atoms with E-state index >= 15 is 0 Å². The van der Waals surface area contributed by atoms with Gasteiger partial charge in [-0.2, -0.15) is 0 Å². The summed E-state index contributed by atoms with van der Waals surface area (Å²) in [6, 6.07) is 22.5. The lowest BCUT2D eigenvalue weighted by molar-refractivity contribution is -0.144. The van der Waals surface area contributed by atoms with Gasteiger partial charge in [0.1, 0.15) is 14.7 Å². The van der Waals surface area contributed by atoms with E-state index in [4.69, 9.17) is 16.3 Å². The van der Waals surface area contributed by atoms with Crippen molar-refractivity contribution in [2.75, 3.05) is 0 Å². The lowest BCUT2D eigenvalue weighted by atomic mass is 10.1. The van der Waals surface area contributed by atoms with E-state index in [1.165, 1.54) is 5.56 Å². The number of aromatic nitrogens is 1. The molecule has 4 rings (SSSR count). The molecule has 0 bridgehead atoms. The van der Waals surface area contributed by atoms with Crippen LogP contribution in [0.3, 0.4) is 0 Å². The zero-order valence-corrected chi connectivity index (χ0v) is 25.9. The maximum Gasteiger partial charge on any atom is 0.310 e. The van der Waals surface area contributed by atoms with Gasteiger partial charge in [0.2, 0.25) is 0 Å². The maximum absolute atomic E-state index is 13.4. The molecule has 4 nitrogen and oxygen atoms in total. The Morgan fingerprint density at radius 2 is 1.62 bits per heavy atom. The number of halogens is 2. The molecule has 200 valence electrons. The van der Waals surface area contributed by atoms with Gasteiger partial charge in [-0.3, -0.25) is 14.2 Å². The normalized spacial score (nSPS) is 12.1. The summed E-state index contributed by atoms with van der Waals surface area (Å²) in [5, 5.41) is 1.43. The molecule has 0 spiro atoms.